The fraction of sp³-hybridized carbons (Fsp3) is 0.500. The Balaban J connectivity index is 1.15. The number of nitrogens with zero attached hydrogens (tertiary/aromatic N) is 6. The van der Waals surface area contributed by atoms with E-state index in [0.29, 0.717) is 5.92 Å². The van der Waals surface area contributed by atoms with Crippen molar-refractivity contribution in [2.45, 2.75) is 32.0 Å². The van der Waals surface area contributed by atoms with Gasteiger partial charge in [-0.05, 0) is 49.3 Å². The normalized spacial score (nSPS) is 17.9. The van der Waals surface area contributed by atoms with Gasteiger partial charge in [0.25, 0.3) is 0 Å². The standard InChI is InChI=1S/C22H28N6OS2/c1-25-20(16-3-4-16)24-28(22(25)30)15-27-11-9-26(10-12-27)13-18-14-31-21(23-18)17-5-7-19(29-2)8-6-17/h5-8,14,16H,3-4,9-13,15H2,1-2H3. The number of hydrogen-bond acceptors (Lipinski definition) is 7. The number of aromatic nitrogens is 4. The molecule has 0 atom stereocenters. The van der Waals surface area contributed by atoms with E-state index in [1.165, 1.54) is 12.8 Å². The summed E-state index contributed by atoms with van der Waals surface area (Å²) in [5, 5.41) is 8.04. The molecule has 2 fully saturated rings. The second-order valence-corrected chi connectivity index (χ2v) is 9.60. The molecular weight excluding hydrogens is 428 g/mol. The van der Waals surface area contributed by atoms with Gasteiger partial charge in [0.2, 0.25) is 0 Å². The van der Waals surface area contributed by atoms with E-state index >= 15 is 0 Å². The van der Waals surface area contributed by atoms with Gasteiger partial charge in [-0.15, -0.1) is 11.3 Å². The predicted molar refractivity (Wildman–Crippen MR) is 125 cm³/mol. The lowest BCUT2D eigenvalue weighted by atomic mass is 10.2. The summed E-state index contributed by atoms with van der Waals surface area (Å²) in [6.45, 7) is 5.79. The zero-order valence-corrected chi connectivity index (χ0v) is 19.7. The average Bonchev–Trinajstić information content (AvgIpc) is 3.48. The molecule has 1 aliphatic carbocycles. The molecule has 0 spiro atoms. The number of thiazole rings is 1. The monoisotopic (exact) mass is 456 g/mol. The molecule has 0 amide bonds. The van der Waals surface area contributed by atoms with Crippen LogP contribution in [0, 0.1) is 4.77 Å². The lowest BCUT2D eigenvalue weighted by Gasteiger charge is -2.34. The summed E-state index contributed by atoms with van der Waals surface area (Å²) in [6, 6.07) is 8.10. The van der Waals surface area contributed by atoms with Crippen LogP contribution in [0.1, 0.15) is 30.3 Å². The largest absolute Gasteiger partial charge is 0.497 e. The highest BCUT2D eigenvalue weighted by atomic mass is 32.1. The number of benzene rings is 1. The van der Waals surface area contributed by atoms with Crippen molar-refractivity contribution in [1.82, 2.24) is 29.1 Å². The van der Waals surface area contributed by atoms with Crippen LogP contribution in [0.15, 0.2) is 29.6 Å². The van der Waals surface area contributed by atoms with E-state index in [-0.39, 0.29) is 0 Å². The number of rotatable bonds is 7. The van der Waals surface area contributed by atoms with Crippen LogP contribution in [0.25, 0.3) is 10.6 Å². The average molecular weight is 457 g/mol. The van der Waals surface area contributed by atoms with Crippen molar-refractivity contribution < 1.29 is 4.74 Å². The molecule has 7 nitrogen and oxygen atoms in total. The van der Waals surface area contributed by atoms with E-state index in [4.69, 9.17) is 27.0 Å². The van der Waals surface area contributed by atoms with E-state index < -0.39 is 0 Å². The summed E-state index contributed by atoms with van der Waals surface area (Å²) in [6.07, 6.45) is 2.49. The van der Waals surface area contributed by atoms with E-state index in [0.717, 1.165) is 72.0 Å². The lowest BCUT2D eigenvalue weighted by Crippen LogP contribution is -2.46. The second-order valence-electron chi connectivity index (χ2n) is 8.38. The van der Waals surface area contributed by atoms with Crippen LogP contribution in [0.3, 0.4) is 0 Å². The van der Waals surface area contributed by atoms with Crippen LogP contribution in [-0.4, -0.2) is 62.4 Å². The molecule has 9 heteroatoms. The summed E-state index contributed by atoms with van der Waals surface area (Å²) in [4.78, 5) is 9.78. The Kier molecular flexibility index (Phi) is 5.92. The Hall–Kier alpha value is -2.07. The predicted octanol–water partition coefficient (Wildman–Crippen LogP) is 3.74. The molecule has 1 saturated heterocycles. The topological polar surface area (TPSA) is 51.4 Å². The Bertz CT molecular complexity index is 1090. The molecular formula is C22H28N6OS2. The first-order chi connectivity index (χ1) is 15.1. The molecule has 0 unspecified atom stereocenters. The first-order valence-corrected chi connectivity index (χ1v) is 12.1. The van der Waals surface area contributed by atoms with Gasteiger partial charge in [0, 0.05) is 56.6 Å². The van der Waals surface area contributed by atoms with Gasteiger partial charge in [-0.25, -0.2) is 9.67 Å². The zero-order valence-electron chi connectivity index (χ0n) is 18.0. The number of ether oxygens (including phenoxy) is 1. The van der Waals surface area contributed by atoms with Gasteiger partial charge < -0.3 is 9.30 Å². The van der Waals surface area contributed by atoms with Gasteiger partial charge in [-0.2, -0.15) is 5.10 Å². The third-order valence-corrected chi connectivity index (χ3v) is 7.52. The van der Waals surface area contributed by atoms with Crippen molar-refractivity contribution in [3.63, 3.8) is 0 Å². The van der Waals surface area contributed by atoms with Gasteiger partial charge >= 0.3 is 0 Å². The second kappa shape index (κ2) is 8.82. The van der Waals surface area contributed by atoms with Gasteiger partial charge in [0.15, 0.2) is 4.77 Å². The molecule has 3 aromatic rings. The molecule has 5 rings (SSSR count). The van der Waals surface area contributed by atoms with E-state index in [1.54, 1.807) is 18.4 Å². The molecule has 31 heavy (non-hydrogen) atoms. The third-order valence-electron chi connectivity index (χ3n) is 6.09. The van der Waals surface area contributed by atoms with E-state index in [9.17, 15) is 0 Å². The van der Waals surface area contributed by atoms with Crippen molar-refractivity contribution in [1.29, 1.82) is 0 Å². The summed E-state index contributed by atoms with van der Waals surface area (Å²) < 4.78 is 10.2. The van der Waals surface area contributed by atoms with E-state index in [1.807, 2.05) is 23.9 Å². The summed E-state index contributed by atoms with van der Waals surface area (Å²) >= 11 is 7.31. The minimum absolute atomic E-state index is 0.616. The maximum absolute atomic E-state index is 5.61. The van der Waals surface area contributed by atoms with Crippen molar-refractivity contribution in [3.05, 3.63) is 45.9 Å². The highest BCUT2D eigenvalue weighted by Crippen LogP contribution is 2.38. The highest BCUT2D eigenvalue weighted by Gasteiger charge is 2.29. The SMILES string of the molecule is COc1ccc(-c2nc(CN3CCN(Cn4nc(C5CC5)n(C)c4=S)CC3)cs2)cc1. The quantitative estimate of drug-likeness (QED) is 0.505. The summed E-state index contributed by atoms with van der Waals surface area (Å²) in [5.41, 5.74) is 2.28. The molecule has 0 bridgehead atoms. The minimum Gasteiger partial charge on any atom is -0.497 e. The molecule has 3 heterocycles. The zero-order chi connectivity index (χ0) is 21.4. The van der Waals surface area contributed by atoms with Crippen molar-refractivity contribution in [2.75, 3.05) is 33.3 Å². The molecule has 1 aliphatic heterocycles. The maximum atomic E-state index is 5.61. The Morgan fingerprint density at radius 3 is 2.48 bits per heavy atom. The maximum Gasteiger partial charge on any atom is 0.198 e. The number of piperazine rings is 1. The molecule has 2 aliphatic rings. The smallest absolute Gasteiger partial charge is 0.198 e. The fourth-order valence-corrected chi connectivity index (χ4v) is 5.06. The molecule has 0 radical (unpaired) electrons. The van der Waals surface area contributed by atoms with Crippen LogP contribution in [0.4, 0.5) is 0 Å². The van der Waals surface area contributed by atoms with Crippen LogP contribution in [0.5, 0.6) is 5.75 Å². The first kappa shape index (κ1) is 20.8. The Morgan fingerprint density at radius 2 is 1.81 bits per heavy atom. The molecule has 164 valence electrons. The van der Waals surface area contributed by atoms with Crippen LogP contribution in [0.2, 0.25) is 0 Å². The minimum atomic E-state index is 0.616. The first-order valence-electron chi connectivity index (χ1n) is 10.8. The lowest BCUT2D eigenvalue weighted by molar-refractivity contribution is 0.0973. The highest BCUT2D eigenvalue weighted by molar-refractivity contribution is 7.71. The Labute approximate surface area is 191 Å². The van der Waals surface area contributed by atoms with Crippen LogP contribution >= 0.6 is 23.6 Å². The third kappa shape index (κ3) is 4.59. The Morgan fingerprint density at radius 1 is 1.10 bits per heavy atom. The fourth-order valence-electron chi connectivity index (χ4n) is 4.05. The van der Waals surface area contributed by atoms with Crippen LogP contribution in [-0.2, 0) is 20.3 Å². The van der Waals surface area contributed by atoms with Gasteiger partial charge in [-0.3, -0.25) is 9.80 Å². The molecule has 0 N–H and O–H groups in total. The van der Waals surface area contributed by atoms with Crippen molar-refractivity contribution >= 4 is 23.6 Å². The van der Waals surface area contributed by atoms with Crippen molar-refractivity contribution in [2.24, 2.45) is 7.05 Å². The van der Waals surface area contributed by atoms with E-state index in [2.05, 4.69) is 31.9 Å². The molecule has 2 aromatic heterocycles. The molecule has 1 aromatic carbocycles. The molecule has 1 saturated carbocycles. The van der Waals surface area contributed by atoms with Gasteiger partial charge in [0.1, 0.15) is 16.6 Å². The number of hydrogen-bond donors (Lipinski definition) is 0. The van der Waals surface area contributed by atoms with Gasteiger partial charge in [-0.1, -0.05) is 0 Å². The van der Waals surface area contributed by atoms with Crippen molar-refractivity contribution in [3.8, 4) is 16.3 Å². The van der Waals surface area contributed by atoms with Gasteiger partial charge in [0.05, 0.1) is 19.5 Å². The van der Waals surface area contributed by atoms with Crippen LogP contribution < -0.4 is 4.74 Å². The summed E-state index contributed by atoms with van der Waals surface area (Å²) in [7, 11) is 3.73. The summed E-state index contributed by atoms with van der Waals surface area (Å²) in [5.74, 6) is 2.64. The number of methoxy groups -OCH3 is 1.